The molecule has 23 heavy (non-hydrogen) atoms. The standard InChI is InChI=1S/C16H14FN3O2S/c1-19(8-11-4-2-3-5-13(11)17)14(21)9-20-10-18-15-12(16(20)22)6-7-23-15/h2-7,10H,8-9H2,1H3. The first kappa shape index (κ1) is 15.4. The average molecular weight is 331 g/mol. The number of likely N-dealkylation sites (N-methyl/N-ethyl adjacent to an activating group) is 1. The maximum Gasteiger partial charge on any atom is 0.262 e. The van der Waals surface area contributed by atoms with Crippen LogP contribution in [0.2, 0.25) is 0 Å². The van der Waals surface area contributed by atoms with Gasteiger partial charge < -0.3 is 4.90 Å². The molecule has 5 nitrogen and oxygen atoms in total. The summed E-state index contributed by atoms with van der Waals surface area (Å²) < 4.78 is 14.9. The van der Waals surface area contributed by atoms with Crippen LogP contribution in [0.15, 0.2) is 46.8 Å². The van der Waals surface area contributed by atoms with E-state index in [1.54, 1.807) is 36.7 Å². The van der Waals surface area contributed by atoms with Gasteiger partial charge in [-0.15, -0.1) is 11.3 Å². The molecule has 0 radical (unpaired) electrons. The Kier molecular flexibility index (Phi) is 4.20. The van der Waals surface area contributed by atoms with Gasteiger partial charge in [0.25, 0.3) is 5.56 Å². The Hall–Kier alpha value is -2.54. The Morgan fingerprint density at radius 1 is 1.35 bits per heavy atom. The molecule has 0 spiro atoms. The van der Waals surface area contributed by atoms with Crippen molar-refractivity contribution in [1.29, 1.82) is 0 Å². The summed E-state index contributed by atoms with van der Waals surface area (Å²) in [6, 6.07) is 7.99. The summed E-state index contributed by atoms with van der Waals surface area (Å²) in [5, 5.41) is 2.29. The van der Waals surface area contributed by atoms with Crippen LogP contribution < -0.4 is 5.56 Å². The second-order valence-electron chi connectivity index (χ2n) is 5.16. The Bertz CT molecular complexity index is 919. The number of hydrogen-bond donors (Lipinski definition) is 0. The summed E-state index contributed by atoms with van der Waals surface area (Å²) in [6.45, 7) is 0.0248. The summed E-state index contributed by atoms with van der Waals surface area (Å²) in [5.41, 5.74) is 0.186. The number of aromatic nitrogens is 2. The maximum atomic E-state index is 13.6. The number of fused-ring (bicyclic) bond motifs is 1. The van der Waals surface area contributed by atoms with Crippen LogP contribution in [0.3, 0.4) is 0 Å². The highest BCUT2D eigenvalue weighted by Gasteiger charge is 2.14. The minimum atomic E-state index is -0.356. The van der Waals surface area contributed by atoms with Crippen molar-refractivity contribution in [2.75, 3.05) is 7.05 Å². The van der Waals surface area contributed by atoms with Gasteiger partial charge in [0, 0.05) is 19.2 Å². The zero-order valence-electron chi connectivity index (χ0n) is 12.4. The predicted molar refractivity (Wildman–Crippen MR) is 86.8 cm³/mol. The maximum absolute atomic E-state index is 13.6. The highest BCUT2D eigenvalue weighted by molar-refractivity contribution is 7.16. The van der Waals surface area contributed by atoms with E-state index in [4.69, 9.17) is 0 Å². The van der Waals surface area contributed by atoms with Crippen LogP contribution in [-0.2, 0) is 17.9 Å². The van der Waals surface area contributed by atoms with Gasteiger partial charge in [-0.05, 0) is 17.5 Å². The zero-order valence-corrected chi connectivity index (χ0v) is 13.2. The molecule has 1 amide bonds. The van der Waals surface area contributed by atoms with Crippen LogP contribution in [0.25, 0.3) is 10.2 Å². The summed E-state index contributed by atoms with van der Waals surface area (Å²) >= 11 is 1.38. The number of carbonyl (C=O) groups excluding carboxylic acids is 1. The minimum absolute atomic E-state index is 0.122. The van der Waals surface area contributed by atoms with E-state index >= 15 is 0 Å². The lowest BCUT2D eigenvalue weighted by atomic mass is 10.2. The first-order chi connectivity index (χ1) is 11.1. The Balaban J connectivity index is 1.76. The van der Waals surface area contributed by atoms with Gasteiger partial charge in [0.05, 0.1) is 11.7 Å². The number of nitrogens with zero attached hydrogens (tertiary/aromatic N) is 3. The van der Waals surface area contributed by atoms with Crippen LogP contribution in [0.4, 0.5) is 4.39 Å². The molecule has 0 bridgehead atoms. The lowest BCUT2D eigenvalue weighted by Crippen LogP contribution is -2.33. The minimum Gasteiger partial charge on any atom is -0.340 e. The largest absolute Gasteiger partial charge is 0.340 e. The molecule has 118 valence electrons. The number of amides is 1. The first-order valence-electron chi connectivity index (χ1n) is 6.96. The van der Waals surface area contributed by atoms with Crippen molar-refractivity contribution in [3.8, 4) is 0 Å². The van der Waals surface area contributed by atoms with E-state index in [0.29, 0.717) is 15.8 Å². The molecule has 0 fully saturated rings. The molecule has 2 heterocycles. The second-order valence-corrected chi connectivity index (χ2v) is 6.05. The Labute approximate surface area is 135 Å². The summed E-state index contributed by atoms with van der Waals surface area (Å²) in [4.78, 5) is 30.7. The lowest BCUT2D eigenvalue weighted by Gasteiger charge is -2.18. The summed E-state index contributed by atoms with van der Waals surface area (Å²) in [6.07, 6.45) is 1.37. The SMILES string of the molecule is CN(Cc1ccccc1F)C(=O)Cn1cnc2sccc2c1=O. The van der Waals surface area contributed by atoms with Crippen molar-refractivity contribution in [2.45, 2.75) is 13.1 Å². The molecule has 0 saturated heterocycles. The Morgan fingerprint density at radius 2 is 2.13 bits per heavy atom. The molecular weight excluding hydrogens is 317 g/mol. The third kappa shape index (κ3) is 3.14. The number of benzene rings is 1. The molecular formula is C16H14FN3O2S. The number of thiophene rings is 1. The van der Waals surface area contributed by atoms with E-state index in [1.165, 1.54) is 33.2 Å². The zero-order chi connectivity index (χ0) is 16.4. The fourth-order valence-corrected chi connectivity index (χ4v) is 2.97. The normalized spacial score (nSPS) is 10.9. The topological polar surface area (TPSA) is 55.2 Å². The van der Waals surface area contributed by atoms with Gasteiger partial charge in [0.15, 0.2) is 0 Å². The van der Waals surface area contributed by atoms with Gasteiger partial charge in [-0.2, -0.15) is 0 Å². The molecule has 3 rings (SSSR count). The van der Waals surface area contributed by atoms with Gasteiger partial charge in [0.1, 0.15) is 17.2 Å². The number of rotatable bonds is 4. The van der Waals surface area contributed by atoms with E-state index < -0.39 is 0 Å². The average Bonchev–Trinajstić information content (AvgIpc) is 3.01. The molecule has 3 aromatic rings. The molecule has 0 aliphatic rings. The summed E-state index contributed by atoms with van der Waals surface area (Å²) in [5.74, 6) is -0.641. The molecule has 0 atom stereocenters. The van der Waals surface area contributed by atoms with Crippen LogP contribution in [0.5, 0.6) is 0 Å². The number of halogens is 1. The highest BCUT2D eigenvalue weighted by atomic mass is 32.1. The molecule has 1 aromatic carbocycles. The summed E-state index contributed by atoms with van der Waals surface area (Å²) in [7, 11) is 1.58. The smallest absolute Gasteiger partial charge is 0.262 e. The van der Waals surface area contributed by atoms with Crippen LogP contribution in [0, 0.1) is 5.82 Å². The lowest BCUT2D eigenvalue weighted by molar-refractivity contribution is -0.131. The second kappa shape index (κ2) is 6.29. The number of hydrogen-bond acceptors (Lipinski definition) is 4. The van der Waals surface area contributed by atoms with Gasteiger partial charge in [-0.25, -0.2) is 9.37 Å². The molecule has 0 unspecified atom stereocenters. The molecule has 0 aliphatic heterocycles. The van der Waals surface area contributed by atoms with Gasteiger partial charge in [0.2, 0.25) is 5.91 Å². The molecule has 2 aromatic heterocycles. The quantitative estimate of drug-likeness (QED) is 0.737. The van der Waals surface area contributed by atoms with Crippen molar-refractivity contribution >= 4 is 27.5 Å². The van der Waals surface area contributed by atoms with E-state index in [1.807, 2.05) is 0 Å². The van der Waals surface area contributed by atoms with Crippen molar-refractivity contribution < 1.29 is 9.18 Å². The monoisotopic (exact) mass is 331 g/mol. The van der Waals surface area contributed by atoms with E-state index in [9.17, 15) is 14.0 Å². The number of carbonyl (C=O) groups is 1. The molecule has 0 N–H and O–H groups in total. The van der Waals surface area contributed by atoms with Gasteiger partial charge in [-0.1, -0.05) is 18.2 Å². The van der Waals surface area contributed by atoms with E-state index in [2.05, 4.69) is 4.98 Å². The van der Waals surface area contributed by atoms with Gasteiger partial charge >= 0.3 is 0 Å². The molecule has 7 heteroatoms. The van der Waals surface area contributed by atoms with Crippen molar-refractivity contribution in [2.24, 2.45) is 0 Å². The molecule has 0 aliphatic carbocycles. The van der Waals surface area contributed by atoms with Crippen molar-refractivity contribution in [1.82, 2.24) is 14.5 Å². The van der Waals surface area contributed by atoms with Crippen LogP contribution >= 0.6 is 11.3 Å². The first-order valence-corrected chi connectivity index (χ1v) is 7.84. The van der Waals surface area contributed by atoms with Crippen molar-refractivity contribution in [3.63, 3.8) is 0 Å². The fourth-order valence-electron chi connectivity index (χ4n) is 2.24. The van der Waals surface area contributed by atoms with Crippen LogP contribution in [-0.4, -0.2) is 27.4 Å². The van der Waals surface area contributed by atoms with E-state index in [0.717, 1.165) is 0 Å². The fraction of sp³-hybridized carbons (Fsp3) is 0.188. The molecule has 0 saturated carbocycles. The van der Waals surface area contributed by atoms with Gasteiger partial charge in [-0.3, -0.25) is 14.2 Å². The van der Waals surface area contributed by atoms with Crippen molar-refractivity contribution in [3.05, 3.63) is 63.8 Å². The highest BCUT2D eigenvalue weighted by Crippen LogP contribution is 2.13. The predicted octanol–water partition coefficient (Wildman–Crippen LogP) is 2.26. The van der Waals surface area contributed by atoms with Crippen LogP contribution in [0.1, 0.15) is 5.56 Å². The van der Waals surface area contributed by atoms with E-state index in [-0.39, 0.29) is 30.4 Å². The third-order valence-electron chi connectivity index (χ3n) is 3.55. The third-order valence-corrected chi connectivity index (χ3v) is 4.37. The Morgan fingerprint density at radius 3 is 2.91 bits per heavy atom.